The Bertz CT molecular complexity index is 398. The van der Waals surface area contributed by atoms with Gasteiger partial charge in [0.2, 0.25) is 0 Å². The maximum absolute atomic E-state index is 4.36. The molecule has 2 unspecified atom stereocenters. The van der Waals surface area contributed by atoms with Crippen LogP contribution in [0.5, 0.6) is 0 Å². The van der Waals surface area contributed by atoms with Gasteiger partial charge in [0.25, 0.3) is 0 Å². The Morgan fingerprint density at radius 3 is 2.89 bits per heavy atom. The molecule has 0 amide bonds. The number of aryl methyl sites for hydroxylation is 1. The lowest BCUT2D eigenvalue weighted by Crippen LogP contribution is -2.56. The summed E-state index contributed by atoms with van der Waals surface area (Å²) in [6, 6.07) is 1.33. The summed E-state index contributed by atoms with van der Waals surface area (Å²) in [5, 5.41) is 7.85. The van der Waals surface area contributed by atoms with E-state index >= 15 is 0 Å². The third-order valence-corrected chi connectivity index (χ3v) is 4.35. The fourth-order valence-corrected chi connectivity index (χ4v) is 2.95. The first-order chi connectivity index (χ1) is 8.78. The number of rotatable bonds is 4. The first kappa shape index (κ1) is 12.1. The molecule has 1 aliphatic heterocycles. The predicted molar refractivity (Wildman–Crippen MR) is 70.0 cm³/mol. The van der Waals surface area contributed by atoms with Crippen LogP contribution in [0.2, 0.25) is 0 Å². The van der Waals surface area contributed by atoms with E-state index in [1.807, 2.05) is 11.7 Å². The van der Waals surface area contributed by atoms with E-state index in [0.29, 0.717) is 12.1 Å². The lowest BCUT2D eigenvalue weighted by molar-refractivity contribution is 0.102. The highest BCUT2D eigenvalue weighted by Crippen LogP contribution is 2.36. The third-order valence-electron chi connectivity index (χ3n) is 4.35. The predicted octanol–water partition coefficient (Wildman–Crippen LogP) is 0.777. The molecule has 0 bridgehead atoms. The average Bonchev–Trinajstić information content (AvgIpc) is 3.15. The molecule has 18 heavy (non-hydrogen) atoms. The van der Waals surface area contributed by atoms with Crippen molar-refractivity contribution >= 4 is 0 Å². The van der Waals surface area contributed by atoms with Crippen LogP contribution in [0.25, 0.3) is 0 Å². The highest BCUT2D eigenvalue weighted by molar-refractivity contribution is 4.97. The van der Waals surface area contributed by atoms with Crippen molar-refractivity contribution in [3.05, 3.63) is 12.2 Å². The van der Waals surface area contributed by atoms with E-state index in [4.69, 9.17) is 0 Å². The van der Waals surface area contributed by atoms with Gasteiger partial charge in [0.1, 0.15) is 12.2 Å². The second kappa shape index (κ2) is 4.97. The molecular weight excluding hydrogens is 226 g/mol. The lowest BCUT2D eigenvalue weighted by atomic mass is 10.0. The van der Waals surface area contributed by atoms with E-state index in [9.17, 15) is 0 Å². The van der Waals surface area contributed by atoms with Crippen LogP contribution < -0.4 is 5.32 Å². The van der Waals surface area contributed by atoms with E-state index in [1.54, 1.807) is 6.33 Å². The average molecular weight is 249 g/mol. The molecular formula is C13H23N5. The Labute approximate surface area is 109 Å². The molecule has 2 aliphatic rings. The molecule has 0 aromatic carbocycles. The summed E-state index contributed by atoms with van der Waals surface area (Å²) >= 11 is 0. The fraction of sp³-hybridized carbons (Fsp3) is 0.846. The Morgan fingerprint density at radius 1 is 1.44 bits per heavy atom. The molecule has 5 nitrogen and oxygen atoms in total. The maximum Gasteiger partial charge on any atom is 0.140 e. The number of aromatic nitrogens is 3. The van der Waals surface area contributed by atoms with Gasteiger partial charge in [0.15, 0.2) is 0 Å². The minimum absolute atomic E-state index is 0.633. The van der Waals surface area contributed by atoms with Gasteiger partial charge in [0.05, 0.1) is 6.54 Å². The molecule has 2 fully saturated rings. The fourth-order valence-electron chi connectivity index (χ4n) is 2.95. The van der Waals surface area contributed by atoms with Gasteiger partial charge in [-0.3, -0.25) is 9.58 Å². The first-order valence-electron chi connectivity index (χ1n) is 7.08. The number of nitrogens with one attached hydrogen (secondary N) is 1. The molecule has 2 atom stereocenters. The van der Waals surface area contributed by atoms with E-state index in [2.05, 4.69) is 27.2 Å². The highest BCUT2D eigenvalue weighted by Gasteiger charge is 2.38. The molecule has 1 saturated carbocycles. The lowest BCUT2D eigenvalue weighted by Gasteiger charge is -2.40. The van der Waals surface area contributed by atoms with Crippen LogP contribution in [0.1, 0.15) is 32.0 Å². The zero-order valence-corrected chi connectivity index (χ0v) is 11.3. The summed E-state index contributed by atoms with van der Waals surface area (Å²) < 4.78 is 1.90. The topological polar surface area (TPSA) is 46.0 Å². The highest BCUT2D eigenvalue weighted by atomic mass is 15.3. The molecule has 5 heteroatoms. The molecule has 3 rings (SSSR count). The largest absolute Gasteiger partial charge is 0.311 e. The van der Waals surface area contributed by atoms with Gasteiger partial charge in [-0.25, -0.2) is 4.98 Å². The Kier molecular flexibility index (Phi) is 3.35. The molecule has 1 aliphatic carbocycles. The van der Waals surface area contributed by atoms with Crippen molar-refractivity contribution in [2.24, 2.45) is 13.0 Å². The van der Waals surface area contributed by atoms with Crippen molar-refractivity contribution in [1.29, 1.82) is 0 Å². The van der Waals surface area contributed by atoms with Crippen LogP contribution >= 0.6 is 0 Å². The summed E-state index contributed by atoms with van der Waals surface area (Å²) in [6.07, 6.45) is 5.66. The summed E-state index contributed by atoms with van der Waals surface area (Å²) in [5.41, 5.74) is 0. The molecule has 1 saturated heterocycles. The zero-order chi connectivity index (χ0) is 12.5. The molecule has 0 spiro atoms. The minimum atomic E-state index is 0.633. The Morgan fingerprint density at radius 2 is 2.28 bits per heavy atom. The molecule has 0 radical (unpaired) electrons. The number of nitrogens with zero attached hydrogens (tertiary/aromatic N) is 4. The van der Waals surface area contributed by atoms with Gasteiger partial charge < -0.3 is 5.32 Å². The normalized spacial score (nSPS) is 29.7. The van der Waals surface area contributed by atoms with Gasteiger partial charge in [0, 0.05) is 32.2 Å². The van der Waals surface area contributed by atoms with Crippen LogP contribution in [0.4, 0.5) is 0 Å². The van der Waals surface area contributed by atoms with E-state index in [-0.39, 0.29) is 0 Å². The van der Waals surface area contributed by atoms with Crippen molar-refractivity contribution in [2.45, 2.75) is 44.8 Å². The second-order valence-electron chi connectivity index (χ2n) is 5.65. The van der Waals surface area contributed by atoms with Gasteiger partial charge in [-0.05, 0) is 25.2 Å². The molecule has 100 valence electrons. The Balaban J connectivity index is 1.70. The van der Waals surface area contributed by atoms with Gasteiger partial charge >= 0.3 is 0 Å². The van der Waals surface area contributed by atoms with Crippen LogP contribution in [-0.2, 0) is 13.6 Å². The second-order valence-corrected chi connectivity index (χ2v) is 5.65. The van der Waals surface area contributed by atoms with Gasteiger partial charge in [-0.15, -0.1) is 0 Å². The maximum atomic E-state index is 4.36. The zero-order valence-electron chi connectivity index (χ0n) is 11.3. The Hall–Kier alpha value is -0.940. The van der Waals surface area contributed by atoms with Crippen LogP contribution in [0.3, 0.4) is 0 Å². The quantitative estimate of drug-likeness (QED) is 0.856. The third kappa shape index (κ3) is 2.42. The van der Waals surface area contributed by atoms with Crippen LogP contribution in [-0.4, -0.2) is 44.8 Å². The smallest absolute Gasteiger partial charge is 0.140 e. The monoisotopic (exact) mass is 249 g/mol. The van der Waals surface area contributed by atoms with E-state index in [0.717, 1.165) is 31.4 Å². The summed E-state index contributed by atoms with van der Waals surface area (Å²) in [6.45, 7) is 5.48. The standard InChI is InChI=1S/C13H23N5/c1-3-11-7-18(8-13-15-9-16-17(13)2)12(6-14-11)10-4-5-10/h9-12,14H,3-8H2,1-2H3. The SMILES string of the molecule is CCC1CN(Cc2ncnn2C)C(C2CC2)CN1. The van der Waals surface area contributed by atoms with Crippen LogP contribution in [0.15, 0.2) is 6.33 Å². The first-order valence-corrected chi connectivity index (χ1v) is 7.08. The van der Waals surface area contributed by atoms with Crippen molar-refractivity contribution in [1.82, 2.24) is 25.0 Å². The van der Waals surface area contributed by atoms with Crippen molar-refractivity contribution in [3.63, 3.8) is 0 Å². The summed E-state index contributed by atoms with van der Waals surface area (Å²) in [4.78, 5) is 6.98. The van der Waals surface area contributed by atoms with Gasteiger partial charge in [-0.2, -0.15) is 5.10 Å². The van der Waals surface area contributed by atoms with Crippen molar-refractivity contribution in [2.75, 3.05) is 13.1 Å². The number of hydrogen-bond acceptors (Lipinski definition) is 4. The van der Waals surface area contributed by atoms with E-state index < -0.39 is 0 Å². The number of piperazine rings is 1. The molecule has 1 aromatic heterocycles. The number of hydrogen-bond donors (Lipinski definition) is 1. The van der Waals surface area contributed by atoms with Gasteiger partial charge in [-0.1, -0.05) is 6.92 Å². The molecule has 1 N–H and O–H groups in total. The summed E-state index contributed by atoms with van der Waals surface area (Å²) in [7, 11) is 1.98. The van der Waals surface area contributed by atoms with Crippen molar-refractivity contribution in [3.8, 4) is 0 Å². The molecule has 1 aromatic rings. The molecule has 2 heterocycles. The minimum Gasteiger partial charge on any atom is -0.311 e. The van der Waals surface area contributed by atoms with E-state index in [1.165, 1.54) is 19.3 Å². The van der Waals surface area contributed by atoms with Crippen molar-refractivity contribution < 1.29 is 0 Å². The summed E-state index contributed by atoms with van der Waals surface area (Å²) in [5.74, 6) is 1.99. The van der Waals surface area contributed by atoms with Crippen LogP contribution in [0, 0.1) is 5.92 Å².